The largest absolute Gasteiger partial charge is 0.352 e. The highest BCUT2D eigenvalue weighted by Crippen LogP contribution is 2.29. The SMILES string of the molecule is CC(C)S(=O)(=O)NC[C@H]1CCCN([C@@H](C)C(=O)N[C@H]2CCC[C@@H](C)[C@@H]2C)C1. The Morgan fingerprint density at radius 2 is 1.81 bits per heavy atom. The molecule has 1 aliphatic carbocycles. The van der Waals surface area contributed by atoms with Gasteiger partial charge in [0.2, 0.25) is 15.9 Å². The molecule has 27 heavy (non-hydrogen) atoms. The van der Waals surface area contributed by atoms with Gasteiger partial charge in [0.15, 0.2) is 0 Å². The molecule has 2 aliphatic rings. The second-order valence-corrected chi connectivity index (χ2v) is 11.3. The summed E-state index contributed by atoms with van der Waals surface area (Å²) >= 11 is 0. The van der Waals surface area contributed by atoms with Gasteiger partial charge in [-0.05, 0) is 64.3 Å². The summed E-state index contributed by atoms with van der Waals surface area (Å²) in [5.74, 6) is 1.56. The van der Waals surface area contributed by atoms with Crippen molar-refractivity contribution in [2.45, 2.75) is 84.1 Å². The van der Waals surface area contributed by atoms with Crippen LogP contribution in [-0.2, 0) is 14.8 Å². The zero-order chi connectivity index (χ0) is 20.2. The standard InChI is InChI=1S/C20H39N3O3S/c1-14(2)27(25,26)21-12-18-9-7-11-23(13-18)17(5)20(24)22-19-10-6-8-15(3)16(19)4/h14-19,21H,6-13H2,1-5H3,(H,22,24)/t15-,16+,17+,18-,19+/m1/s1. The van der Waals surface area contributed by atoms with Gasteiger partial charge in [0.25, 0.3) is 0 Å². The fraction of sp³-hybridized carbons (Fsp3) is 0.950. The van der Waals surface area contributed by atoms with Crippen LogP contribution in [0.1, 0.15) is 66.7 Å². The van der Waals surface area contributed by atoms with Crippen molar-refractivity contribution in [3.8, 4) is 0 Å². The van der Waals surface area contributed by atoms with Gasteiger partial charge in [0, 0.05) is 19.1 Å². The first kappa shape index (κ1) is 22.6. The molecule has 0 radical (unpaired) electrons. The third kappa shape index (κ3) is 6.16. The Morgan fingerprint density at radius 3 is 2.48 bits per heavy atom. The van der Waals surface area contributed by atoms with Crippen LogP contribution in [0, 0.1) is 17.8 Å². The Balaban J connectivity index is 1.86. The minimum absolute atomic E-state index is 0.115. The van der Waals surface area contributed by atoms with E-state index in [0.717, 1.165) is 32.4 Å². The second kappa shape index (κ2) is 9.70. The third-order valence-electron chi connectivity index (χ3n) is 6.71. The maximum atomic E-state index is 12.8. The van der Waals surface area contributed by atoms with Gasteiger partial charge in [-0.1, -0.05) is 26.7 Å². The summed E-state index contributed by atoms with van der Waals surface area (Å²) in [5.41, 5.74) is 0. The number of carbonyl (C=O) groups is 1. The number of carbonyl (C=O) groups excluding carboxylic acids is 1. The topological polar surface area (TPSA) is 78.5 Å². The Bertz CT molecular complexity index is 593. The number of hydrogen-bond donors (Lipinski definition) is 2. The smallest absolute Gasteiger partial charge is 0.237 e. The van der Waals surface area contributed by atoms with Crippen LogP contribution in [-0.4, -0.2) is 56.2 Å². The zero-order valence-corrected chi connectivity index (χ0v) is 18.5. The van der Waals surface area contributed by atoms with E-state index in [0.29, 0.717) is 18.4 Å². The Kier molecular flexibility index (Phi) is 8.13. The van der Waals surface area contributed by atoms with Gasteiger partial charge in [0.05, 0.1) is 11.3 Å². The maximum absolute atomic E-state index is 12.8. The molecule has 0 bridgehead atoms. The number of nitrogens with one attached hydrogen (secondary N) is 2. The zero-order valence-electron chi connectivity index (χ0n) is 17.7. The van der Waals surface area contributed by atoms with E-state index < -0.39 is 15.3 Å². The highest BCUT2D eigenvalue weighted by Gasteiger charge is 2.32. The molecule has 1 aliphatic heterocycles. The molecule has 0 aromatic rings. The molecule has 0 aromatic heterocycles. The minimum atomic E-state index is -3.23. The fourth-order valence-electron chi connectivity index (χ4n) is 4.27. The van der Waals surface area contributed by atoms with Gasteiger partial charge in [-0.2, -0.15) is 0 Å². The van der Waals surface area contributed by atoms with E-state index in [1.54, 1.807) is 13.8 Å². The summed E-state index contributed by atoms with van der Waals surface area (Å²) in [6.07, 6.45) is 5.52. The van der Waals surface area contributed by atoms with E-state index in [-0.39, 0.29) is 23.9 Å². The van der Waals surface area contributed by atoms with Crippen molar-refractivity contribution in [3.05, 3.63) is 0 Å². The van der Waals surface area contributed by atoms with Crippen molar-refractivity contribution in [3.63, 3.8) is 0 Å². The fourth-order valence-corrected chi connectivity index (χ4v) is 5.07. The molecule has 0 aromatic carbocycles. The third-order valence-corrected chi connectivity index (χ3v) is 8.52. The van der Waals surface area contributed by atoms with E-state index >= 15 is 0 Å². The number of rotatable bonds is 7. The number of amides is 1. The minimum Gasteiger partial charge on any atom is -0.352 e. The van der Waals surface area contributed by atoms with E-state index in [9.17, 15) is 13.2 Å². The quantitative estimate of drug-likeness (QED) is 0.686. The Labute approximate surface area is 165 Å². The average molecular weight is 402 g/mol. The molecule has 2 rings (SSSR count). The van der Waals surface area contributed by atoms with E-state index in [2.05, 4.69) is 28.8 Å². The van der Waals surface area contributed by atoms with Crippen LogP contribution >= 0.6 is 0 Å². The van der Waals surface area contributed by atoms with Crippen molar-refractivity contribution in [1.29, 1.82) is 0 Å². The summed E-state index contributed by atoms with van der Waals surface area (Å²) in [4.78, 5) is 15.0. The molecule has 1 amide bonds. The molecule has 158 valence electrons. The number of piperidine rings is 1. The molecular formula is C20H39N3O3S. The first-order valence-electron chi connectivity index (χ1n) is 10.6. The van der Waals surface area contributed by atoms with E-state index in [1.807, 2.05) is 6.92 Å². The molecule has 2 N–H and O–H groups in total. The highest BCUT2D eigenvalue weighted by molar-refractivity contribution is 7.90. The summed E-state index contributed by atoms with van der Waals surface area (Å²) < 4.78 is 26.7. The van der Waals surface area contributed by atoms with Gasteiger partial charge >= 0.3 is 0 Å². The molecular weight excluding hydrogens is 362 g/mol. The van der Waals surface area contributed by atoms with Crippen LogP contribution in [0.4, 0.5) is 0 Å². The first-order valence-corrected chi connectivity index (χ1v) is 12.2. The molecule has 0 spiro atoms. The molecule has 2 fully saturated rings. The van der Waals surface area contributed by atoms with Crippen LogP contribution in [0.2, 0.25) is 0 Å². The van der Waals surface area contributed by atoms with Crippen molar-refractivity contribution < 1.29 is 13.2 Å². The molecule has 1 saturated heterocycles. The molecule has 1 saturated carbocycles. The summed E-state index contributed by atoms with van der Waals surface area (Å²) in [6, 6.07) is 0.112. The van der Waals surface area contributed by atoms with Crippen LogP contribution in [0.15, 0.2) is 0 Å². The molecule has 5 atom stereocenters. The van der Waals surface area contributed by atoms with Gasteiger partial charge in [-0.3, -0.25) is 9.69 Å². The van der Waals surface area contributed by atoms with Gasteiger partial charge in [-0.15, -0.1) is 0 Å². The summed E-state index contributed by atoms with van der Waals surface area (Å²) in [7, 11) is -3.23. The van der Waals surface area contributed by atoms with E-state index in [4.69, 9.17) is 0 Å². The monoisotopic (exact) mass is 401 g/mol. The lowest BCUT2D eigenvalue weighted by Crippen LogP contribution is -2.54. The molecule has 7 heteroatoms. The lowest BCUT2D eigenvalue weighted by atomic mass is 9.78. The molecule has 0 unspecified atom stereocenters. The van der Waals surface area contributed by atoms with Crippen molar-refractivity contribution >= 4 is 15.9 Å². The van der Waals surface area contributed by atoms with Crippen LogP contribution in [0.25, 0.3) is 0 Å². The predicted octanol–water partition coefficient (Wildman–Crippen LogP) is 2.36. The van der Waals surface area contributed by atoms with Gasteiger partial charge in [0.1, 0.15) is 0 Å². The van der Waals surface area contributed by atoms with Crippen LogP contribution in [0.5, 0.6) is 0 Å². The van der Waals surface area contributed by atoms with Crippen molar-refractivity contribution in [1.82, 2.24) is 14.9 Å². The number of nitrogens with zero attached hydrogens (tertiary/aromatic N) is 1. The lowest BCUT2D eigenvalue weighted by Gasteiger charge is -2.39. The second-order valence-electron chi connectivity index (χ2n) is 9.00. The average Bonchev–Trinajstić information content (AvgIpc) is 2.63. The molecule has 6 nitrogen and oxygen atoms in total. The number of sulfonamides is 1. The van der Waals surface area contributed by atoms with Gasteiger partial charge in [-0.25, -0.2) is 13.1 Å². The molecule has 1 heterocycles. The lowest BCUT2D eigenvalue weighted by molar-refractivity contribution is -0.128. The predicted molar refractivity (Wildman–Crippen MR) is 110 cm³/mol. The number of likely N-dealkylation sites (tertiary alicyclic amines) is 1. The highest BCUT2D eigenvalue weighted by atomic mass is 32.2. The van der Waals surface area contributed by atoms with E-state index in [1.165, 1.54) is 12.8 Å². The van der Waals surface area contributed by atoms with Crippen molar-refractivity contribution in [2.24, 2.45) is 17.8 Å². The maximum Gasteiger partial charge on any atom is 0.237 e. The van der Waals surface area contributed by atoms with Crippen LogP contribution < -0.4 is 10.0 Å². The van der Waals surface area contributed by atoms with Gasteiger partial charge < -0.3 is 5.32 Å². The Morgan fingerprint density at radius 1 is 1.11 bits per heavy atom. The normalized spacial score (nSPS) is 31.6. The summed E-state index contributed by atoms with van der Waals surface area (Å²) in [5, 5.41) is 2.87. The Hall–Kier alpha value is -0.660. The van der Waals surface area contributed by atoms with Crippen molar-refractivity contribution in [2.75, 3.05) is 19.6 Å². The first-order chi connectivity index (χ1) is 12.6. The summed E-state index contributed by atoms with van der Waals surface area (Å²) in [6.45, 7) is 12.0. The number of hydrogen-bond acceptors (Lipinski definition) is 4. The van der Waals surface area contributed by atoms with Crippen LogP contribution in [0.3, 0.4) is 0 Å².